The molecule has 1 aliphatic carbocycles. The number of hydrogen-bond acceptors (Lipinski definition) is 4. The molecule has 3 N–H and O–H groups in total. The fourth-order valence-corrected chi connectivity index (χ4v) is 5.01. The molecule has 0 aliphatic heterocycles. The maximum atomic E-state index is 13.2. The van der Waals surface area contributed by atoms with Gasteiger partial charge in [0.1, 0.15) is 0 Å². The second-order valence-corrected chi connectivity index (χ2v) is 10.4. The Balaban J connectivity index is 1.53. The molecule has 0 saturated heterocycles. The average Bonchev–Trinajstić information content (AvgIpc) is 3.20. The number of aliphatic carboxylic acids is 1. The number of rotatable bonds is 12. The number of alkyl halides is 3. The molecule has 198 valence electrons. The van der Waals surface area contributed by atoms with E-state index < -0.39 is 29.9 Å². The number of fused-ring (bicyclic) bond motifs is 1. The van der Waals surface area contributed by atoms with Crippen LogP contribution in [0.15, 0.2) is 42.5 Å². The normalized spacial score (nSPS) is 16.1. The van der Waals surface area contributed by atoms with Crippen LogP contribution in [0.2, 0.25) is 0 Å². The van der Waals surface area contributed by atoms with Crippen LogP contribution >= 0.6 is 0 Å². The molecule has 36 heavy (non-hydrogen) atoms. The SMILES string of the molecule is C[C@@H](OC[C@H](O)CNC(C)(C)CC1Cc2ccccc2C1)c1cc(C(F)(F)F)ccc1CCC(=O)O. The summed E-state index contributed by atoms with van der Waals surface area (Å²) in [7, 11) is 0. The summed E-state index contributed by atoms with van der Waals surface area (Å²) in [6.45, 7) is 6.04. The molecule has 2 atom stereocenters. The smallest absolute Gasteiger partial charge is 0.416 e. The summed E-state index contributed by atoms with van der Waals surface area (Å²) >= 11 is 0. The number of aryl methyl sites for hydroxylation is 1. The molecule has 0 fully saturated rings. The van der Waals surface area contributed by atoms with Crippen molar-refractivity contribution >= 4 is 5.97 Å². The summed E-state index contributed by atoms with van der Waals surface area (Å²) in [4.78, 5) is 11.0. The van der Waals surface area contributed by atoms with Crippen molar-refractivity contribution in [1.82, 2.24) is 5.32 Å². The summed E-state index contributed by atoms with van der Waals surface area (Å²) < 4.78 is 45.5. The Bertz CT molecular complexity index is 1010. The van der Waals surface area contributed by atoms with Gasteiger partial charge < -0.3 is 20.3 Å². The van der Waals surface area contributed by atoms with Crippen molar-refractivity contribution in [2.75, 3.05) is 13.2 Å². The van der Waals surface area contributed by atoms with Gasteiger partial charge in [0.05, 0.1) is 24.4 Å². The lowest BCUT2D eigenvalue weighted by Crippen LogP contribution is -2.45. The lowest BCUT2D eigenvalue weighted by atomic mass is 9.88. The first-order valence-corrected chi connectivity index (χ1v) is 12.4. The summed E-state index contributed by atoms with van der Waals surface area (Å²) in [6, 6.07) is 11.8. The fraction of sp³-hybridized carbons (Fsp3) is 0.536. The van der Waals surface area contributed by atoms with E-state index in [0.717, 1.165) is 31.4 Å². The molecule has 0 aromatic heterocycles. The third-order valence-corrected chi connectivity index (χ3v) is 6.81. The van der Waals surface area contributed by atoms with E-state index in [1.807, 2.05) is 0 Å². The summed E-state index contributed by atoms with van der Waals surface area (Å²) in [5, 5.41) is 22.9. The van der Waals surface area contributed by atoms with Gasteiger partial charge in [-0.3, -0.25) is 4.79 Å². The largest absolute Gasteiger partial charge is 0.481 e. The van der Waals surface area contributed by atoms with Gasteiger partial charge in [-0.15, -0.1) is 0 Å². The number of β-amino-alcohol motifs (C(OH)–C–C–N with tert-alkyl or cyclic N) is 1. The Morgan fingerprint density at radius 1 is 1.14 bits per heavy atom. The van der Waals surface area contributed by atoms with Gasteiger partial charge in [-0.2, -0.15) is 13.2 Å². The van der Waals surface area contributed by atoms with Gasteiger partial charge >= 0.3 is 12.1 Å². The van der Waals surface area contributed by atoms with E-state index in [9.17, 15) is 23.1 Å². The molecule has 0 amide bonds. The van der Waals surface area contributed by atoms with Crippen molar-refractivity contribution in [2.24, 2.45) is 5.92 Å². The first-order valence-electron chi connectivity index (χ1n) is 12.4. The third-order valence-electron chi connectivity index (χ3n) is 6.81. The van der Waals surface area contributed by atoms with Crippen LogP contribution in [0.3, 0.4) is 0 Å². The predicted molar refractivity (Wildman–Crippen MR) is 132 cm³/mol. The average molecular weight is 508 g/mol. The van der Waals surface area contributed by atoms with Crippen LogP contribution in [-0.4, -0.2) is 41.0 Å². The molecule has 5 nitrogen and oxygen atoms in total. The van der Waals surface area contributed by atoms with Gasteiger partial charge in [-0.05, 0) is 86.8 Å². The molecule has 0 spiro atoms. The Hall–Kier alpha value is -2.42. The number of carboxylic acids is 1. The van der Waals surface area contributed by atoms with Crippen LogP contribution in [-0.2, 0) is 35.0 Å². The number of nitrogens with one attached hydrogen (secondary N) is 1. The minimum absolute atomic E-state index is 0.0618. The van der Waals surface area contributed by atoms with E-state index in [0.29, 0.717) is 11.5 Å². The number of ether oxygens (including phenoxy) is 1. The van der Waals surface area contributed by atoms with Gasteiger partial charge in [0.15, 0.2) is 0 Å². The fourth-order valence-electron chi connectivity index (χ4n) is 5.01. The molecule has 2 aromatic rings. The molecular formula is C28H36F3NO4. The van der Waals surface area contributed by atoms with Crippen LogP contribution in [0.1, 0.15) is 67.5 Å². The van der Waals surface area contributed by atoms with Crippen molar-refractivity contribution in [1.29, 1.82) is 0 Å². The Morgan fingerprint density at radius 3 is 2.36 bits per heavy atom. The number of aliphatic hydroxyl groups is 1. The van der Waals surface area contributed by atoms with Gasteiger partial charge in [0.2, 0.25) is 0 Å². The van der Waals surface area contributed by atoms with E-state index in [1.54, 1.807) is 6.92 Å². The molecular weight excluding hydrogens is 471 g/mol. The van der Waals surface area contributed by atoms with Crippen LogP contribution in [0, 0.1) is 5.92 Å². The zero-order valence-electron chi connectivity index (χ0n) is 21.1. The Kier molecular flexibility index (Phi) is 9.19. The van der Waals surface area contributed by atoms with E-state index >= 15 is 0 Å². The van der Waals surface area contributed by atoms with Crippen molar-refractivity contribution in [2.45, 2.75) is 76.8 Å². The topological polar surface area (TPSA) is 78.8 Å². The maximum absolute atomic E-state index is 13.2. The molecule has 2 aromatic carbocycles. The molecule has 0 bridgehead atoms. The van der Waals surface area contributed by atoms with E-state index in [2.05, 4.69) is 43.4 Å². The standard InChI is InChI=1S/C28H36F3NO4/c1-18(25-14-23(28(29,30)31)10-8-20(25)9-11-26(34)35)36-17-24(33)16-32-27(2,3)15-19-12-21-6-4-5-7-22(21)13-19/h4-8,10,14,18-19,24,32-33H,9,11-13,15-17H2,1-3H3,(H,34,35)/t18-,24-/m1/s1. The number of halogens is 3. The van der Waals surface area contributed by atoms with Crippen molar-refractivity contribution in [3.05, 3.63) is 70.3 Å². The van der Waals surface area contributed by atoms with Crippen LogP contribution in [0.25, 0.3) is 0 Å². The quantitative estimate of drug-likeness (QED) is 0.362. The van der Waals surface area contributed by atoms with Crippen LogP contribution in [0.5, 0.6) is 0 Å². The lowest BCUT2D eigenvalue weighted by molar-refractivity contribution is -0.138. The van der Waals surface area contributed by atoms with Crippen LogP contribution < -0.4 is 5.32 Å². The van der Waals surface area contributed by atoms with Gasteiger partial charge in [-0.1, -0.05) is 30.3 Å². The number of benzene rings is 2. The third kappa shape index (κ3) is 8.05. The Labute approximate surface area is 210 Å². The van der Waals surface area contributed by atoms with E-state index in [1.165, 1.54) is 17.2 Å². The zero-order valence-corrected chi connectivity index (χ0v) is 21.1. The summed E-state index contributed by atoms with van der Waals surface area (Å²) in [5.41, 5.74) is 2.56. The number of carboxylic acid groups (broad SMARTS) is 1. The van der Waals surface area contributed by atoms with Crippen LogP contribution in [0.4, 0.5) is 13.2 Å². The molecule has 3 rings (SSSR count). The zero-order chi connectivity index (χ0) is 26.5. The van der Waals surface area contributed by atoms with Gasteiger partial charge in [0, 0.05) is 18.5 Å². The van der Waals surface area contributed by atoms with Gasteiger partial charge in [-0.25, -0.2) is 0 Å². The lowest BCUT2D eigenvalue weighted by Gasteiger charge is -2.31. The van der Waals surface area contributed by atoms with E-state index in [-0.39, 0.29) is 37.1 Å². The highest BCUT2D eigenvalue weighted by Gasteiger charge is 2.32. The first-order chi connectivity index (χ1) is 16.8. The predicted octanol–water partition coefficient (Wildman–Crippen LogP) is 5.33. The maximum Gasteiger partial charge on any atom is 0.416 e. The highest BCUT2D eigenvalue weighted by Crippen LogP contribution is 2.34. The monoisotopic (exact) mass is 507 g/mol. The highest BCUT2D eigenvalue weighted by atomic mass is 19.4. The molecule has 1 aliphatic rings. The molecule has 0 heterocycles. The molecule has 0 saturated carbocycles. The highest BCUT2D eigenvalue weighted by molar-refractivity contribution is 5.67. The van der Waals surface area contributed by atoms with Crippen molar-refractivity contribution < 1.29 is 32.9 Å². The van der Waals surface area contributed by atoms with Crippen molar-refractivity contribution in [3.8, 4) is 0 Å². The number of hydrogen-bond donors (Lipinski definition) is 3. The number of aliphatic hydroxyl groups excluding tert-OH is 1. The first kappa shape index (κ1) is 28.2. The molecule has 8 heteroatoms. The molecule has 0 radical (unpaired) electrons. The minimum atomic E-state index is -4.52. The second kappa shape index (κ2) is 11.8. The Morgan fingerprint density at radius 2 is 1.78 bits per heavy atom. The second-order valence-electron chi connectivity index (χ2n) is 10.4. The van der Waals surface area contributed by atoms with Gasteiger partial charge in [0.25, 0.3) is 0 Å². The minimum Gasteiger partial charge on any atom is -0.481 e. The summed E-state index contributed by atoms with van der Waals surface area (Å²) in [5.74, 6) is -0.497. The summed E-state index contributed by atoms with van der Waals surface area (Å²) in [6.07, 6.45) is -3.16. The number of carbonyl (C=O) groups is 1. The van der Waals surface area contributed by atoms with Crippen molar-refractivity contribution in [3.63, 3.8) is 0 Å². The molecule has 0 unspecified atom stereocenters. The van der Waals surface area contributed by atoms with E-state index in [4.69, 9.17) is 9.84 Å².